The van der Waals surface area contributed by atoms with E-state index in [2.05, 4.69) is 12.2 Å². The van der Waals surface area contributed by atoms with Crippen LogP contribution in [0, 0.1) is 3.95 Å². The monoisotopic (exact) mass is 176 g/mol. The van der Waals surface area contributed by atoms with Gasteiger partial charge in [-0.1, -0.05) is 0 Å². The maximum atomic E-state index is 10.5. The van der Waals surface area contributed by atoms with E-state index in [1.54, 1.807) is 0 Å². The Morgan fingerprint density at radius 3 is 2.70 bits per heavy atom. The minimum absolute atomic E-state index is 0.206. The Kier molecular flexibility index (Phi) is 1.73. The van der Waals surface area contributed by atoms with Crippen molar-refractivity contribution in [3.05, 3.63) is 9.33 Å². The quantitative estimate of drug-likeness (QED) is 0.577. The van der Waals surface area contributed by atoms with Crippen LogP contribution in [0.2, 0.25) is 0 Å². The predicted molar refractivity (Wildman–Crippen MR) is 39.8 cm³/mol. The van der Waals surface area contributed by atoms with Crippen molar-refractivity contribution in [2.75, 3.05) is 0 Å². The minimum Gasteiger partial charge on any atom is -0.493 e. The molecule has 10 heavy (non-hydrogen) atoms. The molecule has 3 N–H and O–H groups in total. The lowest BCUT2D eigenvalue weighted by Gasteiger charge is -1.93. The topological polar surface area (TPSA) is 68.2 Å². The molecule has 0 spiro atoms. The number of hydrogen-bond acceptors (Lipinski definition) is 4. The fourth-order valence-corrected chi connectivity index (χ4v) is 1.43. The van der Waals surface area contributed by atoms with Gasteiger partial charge in [-0.05, 0) is 12.2 Å². The zero-order valence-corrected chi connectivity index (χ0v) is 6.41. The van der Waals surface area contributed by atoms with Gasteiger partial charge in [-0.2, -0.15) is 0 Å². The predicted octanol–water partition coefficient (Wildman–Crippen LogP) is 0.911. The van der Waals surface area contributed by atoms with E-state index >= 15 is 0 Å². The molecule has 1 aromatic heterocycles. The van der Waals surface area contributed by atoms with Crippen molar-refractivity contribution < 1.29 is 9.90 Å². The molecule has 0 aromatic carbocycles. The number of hydrogen-bond donors (Lipinski definition) is 2. The van der Waals surface area contributed by atoms with Gasteiger partial charge in [0.1, 0.15) is 0 Å². The smallest absolute Gasteiger partial charge is 0.327 e. The highest BCUT2D eigenvalue weighted by molar-refractivity contribution is 7.73. The molecule has 0 saturated carbocycles. The third kappa shape index (κ3) is 1.03. The third-order valence-electron chi connectivity index (χ3n) is 0.897. The fourth-order valence-electron chi connectivity index (χ4n) is 0.505. The van der Waals surface area contributed by atoms with E-state index in [4.69, 9.17) is 10.8 Å². The third-order valence-corrected chi connectivity index (χ3v) is 2.08. The molecule has 0 saturated heterocycles. The molecule has 0 bridgehead atoms. The molecule has 0 aliphatic heterocycles. The van der Waals surface area contributed by atoms with Crippen molar-refractivity contribution in [1.82, 2.24) is 4.57 Å². The van der Waals surface area contributed by atoms with Crippen LogP contribution < -0.4 is 5.73 Å². The standard InChI is InChI=1S/C4H4N2O2S2/c5-3(8)6-2(7)1-10-4(6)9/h1,7H,(H2,5,8). The van der Waals surface area contributed by atoms with Gasteiger partial charge in [0.25, 0.3) is 0 Å². The second-order valence-electron chi connectivity index (χ2n) is 1.53. The first kappa shape index (κ1) is 7.23. The van der Waals surface area contributed by atoms with Crippen molar-refractivity contribution in [2.45, 2.75) is 0 Å². The van der Waals surface area contributed by atoms with Crippen molar-refractivity contribution in [3.8, 4) is 5.88 Å². The van der Waals surface area contributed by atoms with Crippen LogP contribution in [-0.2, 0) is 0 Å². The highest BCUT2D eigenvalue weighted by Gasteiger charge is 2.05. The number of carbonyl (C=O) groups is 1. The van der Waals surface area contributed by atoms with Crippen molar-refractivity contribution >= 4 is 29.6 Å². The Bertz CT molecular complexity index is 313. The average molecular weight is 176 g/mol. The van der Waals surface area contributed by atoms with E-state index in [9.17, 15) is 4.79 Å². The lowest BCUT2D eigenvalue weighted by Crippen LogP contribution is -2.18. The van der Waals surface area contributed by atoms with Gasteiger partial charge in [0.2, 0.25) is 5.88 Å². The molecule has 6 heteroatoms. The van der Waals surface area contributed by atoms with Crippen LogP contribution in [0.1, 0.15) is 0 Å². The molecule has 0 unspecified atom stereocenters. The molecule has 0 atom stereocenters. The Morgan fingerprint density at radius 2 is 2.50 bits per heavy atom. The number of aromatic nitrogens is 1. The molecule has 0 aliphatic rings. The molecule has 1 aromatic rings. The van der Waals surface area contributed by atoms with Crippen LogP contribution in [0.25, 0.3) is 0 Å². The Labute approximate surface area is 65.5 Å². The molecular weight excluding hydrogens is 172 g/mol. The normalized spacial score (nSPS) is 9.60. The summed E-state index contributed by atoms with van der Waals surface area (Å²) in [6.07, 6.45) is 0. The van der Waals surface area contributed by atoms with E-state index in [1.807, 2.05) is 0 Å². The van der Waals surface area contributed by atoms with Crippen LogP contribution >= 0.6 is 23.6 Å². The molecule has 0 fully saturated rings. The average Bonchev–Trinajstić information content (AvgIpc) is 2.11. The first-order chi connectivity index (χ1) is 4.63. The lowest BCUT2D eigenvalue weighted by atomic mass is 10.8. The number of thiazole rings is 1. The molecule has 1 rings (SSSR count). The van der Waals surface area contributed by atoms with E-state index in [0.717, 1.165) is 15.9 Å². The van der Waals surface area contributed by atoms with Crippen LogP contribution in [-0.4, -0.2) is 15.7 Å². The molecule has 54 valence electrons. The Balaban J connectivity index is 3.37. The number of carbonyl (C=O) groups excluding carboxylic acids is 1. The molecule has 4 nitrogen and oxygen atoms in total. The van der Waals surface area contributed by atoms with Gasteiger partial charge in [0, 0.05) is 0 Å². The van der Waals surface area contributed by atoms with Gasteiger partial charge in [-0.15, -0.1) is 11.3 Å². The number of nitrogens with zero attached hydrogens (tertiary/aromatic N) is 1. The molecule has 1 heterocycles. The van der Waals surface area contributed by atoms with Crippen LogP contribution in [0.15, 0.2) is 5.38 Å². The van der Waals surface area contributed by atoms with E-state index < -0.39 is 6.03 Å². The summed E-state index contributed by atoms with van der Waals surface area (Å²) in [5.74, 6) is -0.206. The van der Waals surface area contributed by atoms with Gasteiger partial charge in [0.05, 0.1) is 5.38 Å². The summed E-state index contributed by atoms with van der Waals surface area (Å²) < 4.78 is 1.12. The number of primary amides is 1. The molecular formula is C4H4N2O2S2. The van der Waals surface area contributed by atoms with Gasteiger partial charge >= 0.3 is 6.03 Å². The number of nitrogens with two attached hydrogens (primary N) is 1. The summed E-state index contributed by atoms with van der Waals surface area (Å²) >= 11 is 5.76. The molecule has 0 radical (unpaired) electrons. The summed E-state index contributed by atoms with van der Waals surface area (Å²) in [4.78, 5) is 10.5. The minimum atomic E-state index is -0.760. The van der Waals surface area contributed by atoms with Crippen LogP contribution in [0.5, 0.6) is 5.88 Å². The van der Waals surface area contributed by atoms with Crippen molar-refractivity contribution in [1.29, 1.82) is 0 Å². The van der Waals surface area contributed by atoms with Gasteiger partial charge in [0.15, 0.2) is 3.95 Å². The zero-order valence-electron chi connectivity index (χ0n) is 4.77. The highest BCUT2D eigenvalue weighted by atomic mass is 32.1. The summed E-state index contributed by atoms with van der Waals surface area (Å²) in [5, 5.41) is 10.3. The van der Waals surface area contributed by atoms with Crippen molar-refractivity contribution in [2.24, 2.45) is 5.73 Å². The second-order valence-corrected chi connectivity index (χ2v) is 3.04. The van der Waals surface area contributed by atoms with Crippen LogP contribution in [0.3, 0.4) is 0 Å². The van der Waals surface area contributed by atoms with Crippen LogP contribution in [0.4, 0.5) is 4.79 Å². The van der Waals surface area contributed by atoms with Gasteiger partial charge in [-0.25, -0.2) is 9.36 Å². The maximum absolute atomic E-state index is 10.5. The molecule has 1 amide bonds. The molecule has 0 aliphatic carbocycles. The van der Waals surface area contributed by atoms with Gasteiger partial charge in [-0.3, -0.25) is 0 Å². The SMILES string of the molecule is NC(=O)n1c(O)csc1=S. The summed E-state index contributed by atoms with van der Waals surface area (Å²) in [5.41, 5.74) is 4.86. The van der Waals surface area contributed by atoms with E-state index in [-0.39, 0.29) is 9.83 Å². The largest absolute Gasteiger partial charge is 0.493 e. The number of amides is 1. The zero-order chi connectivity index (χ0) is 7.72. The first-order valence-electron chi connectivity index (χ1n) is 2.32. The highest BCUT2D eigenvalue weighted by Crippen LogP contribution is 2.15. The number of rotatable bonds is 0. The summed E-state index contributed by atoms with van der Waals surface area (Å²) in [6, 6.07) is -0.760. The Hall–Kier alpha value is -0.880. The van der Waals surface area contributed by atoms with Crippen molar-refractivity contribution in [3.63, 3.8) is 0 Å². The van der Waals surface area contributed by atoms with Gasteiger partial charge < -0.3 is 10.8 Å². The lowest BCUT2D eigenvalue weighted by molar-refractivity contribution is 0.247. The van der Waals surface area contributed by atoms with E-state index in [1.165, 1.54) is 5.38 Å². The van der Waals surface area contributed by atoms with E-state index in [0.29, 0.717) is 0 Å². The second kappa shape index (κ2) is 2.39. The summed E-state index contributed by atoms with van der Waals surface area (Å²) in [6.45, 7) is 0. The first-order valence-corrected chi connectivity index (χ1v) is 3.61. The number of aromatic hydroxyl groups is 1. The summed E-state index contributed by atoms with van der Waals surface area (Å²) in [7, 11) is 0. The maximum Gasteiger partial charge on any atom is 0.327 e. The fraction of sp³-hybridized carbons (Fsp3) is 0. The Morgan fingerprint density at radius 1 is 1.90 bits per heavy atom.